The third kappa shape index (κ3) is 34.6. The predicted molar refractivity (Wildman–Crippen MR) is 355 cm³/mol. The van der Waals surface area contributed by atoms with E-state index in [0.717, 1.165) is 116 Å². The van der Waals surface area contributed by atoms with Gasteiger partial charge in [0.25, 0.3) is 0 Å². The van der Waals surface area contributed by atoms with Crippen LogP contribution in [0.2, 0.25) is 0 Å². The van der Waals surface area contributed by atoms with Crippen LogP contribution < -0.4 is 5.32 Å². The largest absolute Gasteiger partial charge is 0.394 e. The highest BCUT2D eigenvalue weighted by Crippen LogP contribution is 2.33. The van der Waals surface area contributed by atoms with Crippen molar-refractivity contribution in [3.63, 3.8) is 0 Å². The van der Waals surface area contributed by atoms with Crippen molar-refractivity contribution in [1.29, 1.82) is 0 Å². The Hall–Kier alpha value is -3.55. The number of rotatable bonds is 51. The van der Waals surface area contributed by atoms with E-state index in [1.807, 2.05) is 0 Å². The summed E-state index contributed by atoms with van der Waals surface area (Å²) in [6.07, 6.45) is 43.5. The Balaban J connectivity index is 1.32. The average Bonchev–Trinajstić information content (AvgIpc) is 0.826. The number of unbranched alkanes of at least 4 members (excludes halogenated alkanes) is 17. The molecule has 0 aromatic carbocycles. The Morgan fingerprint density at radius 1 is 0.407 bits per heavy atom. The highest BCUT2D eigenvalue weighted by Gasteiger charge is 2.53. The van der Waals surface area contributed by atoms with E-state index in [1.54, 1.807) is 0 Å². The molecule has 0 spiro atoms. The van der Waals surface area contributed by atoms with Crippen LogP contribution >= 0.6 is 0 Å². The van der Waals surface area contributed by atoms with E-state index in [4.69, 9.17) is 28.4 Å². The average molecular weight is 1290 g/mol. The third-order valence-electron chi connectivity index (χ3n) is 16.6. The standard InChI is InChI=1S/C72H121NO18/c1-3-5-7-9-11-13-14-15-16-17-18-19-20-21-22-23-24-25-26-27-28-29-30-31-32-33-34-35-36-37-38-39-40-42-44-46-48-50-60(78)73-55(56(77)49-47-45-43-41-12-10-8-6-4-2)54-86-70-66(84)63(81)68(58(52-75)88-70)91-72-67(85)64(82)69(59(53-76)89-72)90-71-65(83)62(80)61(79)57(51-74)87-71/h5,7,11,13,15-16,18-19,21-22,24-25,27-28,30-31,33-34,55-59,61-72,74-77,79-85H,3-4,6,8-10,12,14,17,20,23,26,29,32,35-54H2,1-2H3,(H,73,78)/b7-5-,13-11-,16-15-,19-18-,22-21-,25-24-,28-27-,31-30-,34-33-. The molecule has 0 bridgehead atoms. The van der Waals surface area contributed by atoms with Crippen LogP contribution in [0.15, 0.2) is 109 Å². The number of ether oxygens (including phenoxy) is 6. The maximum absolute atomic E-state index is 13.4. The number of aliphatic hydroxyl groups excluding tert-OH is 11. The number of nitrogens with one attached hydrogen (secondary N) is 1. The molecule has 3 aliphatic rings. The Morgan fingerprint density at radius 3 is 1.19 bits per heavy atom. The molecule has 19 heteroatoms. The molecular formula is C72H121NO18. The summed E-state index contributed by atoms with van der Waals surface area (Å²) in [5.74, 6) is -0.257. The van der Waals surface area contributed by atoms with E-state index in [0.29, 0.717) is 12.8 Å². The minimum Gasteiger partial charge on any atom is -0.394 e. The van der Waals surface area contributed by atoms with Crippen LogP contribution in [0, 0.1) is 0 Å². The first-order chi connectivity index (χ1) is 44.3. The summed E-state index contributed by atoms with van der Waals surface area (Å²) in [6.45, 7) is 1.62. The Kier molecular flexibility index (Phi) is 47.3. The fourth-order valence-electron chi connectivity index (χ4n) is 11.0. The van der Waals surface area contributed by atoms with E-state index < -0.39 is 124 Å². The van der Waals surface area contributed by atoms with Crippen molar-refractivity contribution in [2.24, 2.45) is 0 Å². The van der Waals surface area contributed by atoms with Gasteiger partial charge in [-0.3, -0.25) is 4.79 Å². The maximum atomic E-state index is 13.4. The van der Waals surface area contributed by atoms with Crippen LogP contribution in [0.5, 0.6) is 0 Å². The molecule has 3 saturated heterocycles. The highest BCUT2D eigenvalue weighted by atomic mass is 16.8. The second-order valence-corrected chi connectivity index (χ2v) is 24.3. The molecule has 3 fully saturated rings. The van der Waals surface area contributed by atoms with Crippen molar-refractivity contribution in [1.82, 2.24) is 5.32 Å². The first-order valence-electron chi connectivity index (χ1n) is 34.6. The van der Waals surface area contributed by atoms with Crippen LogP contribution in [-0.4, -0.2) is 193 Å². The van der Waals surface area contributed by atoms with E-state index >= 15 is 0 Å². The van der Waals surface area contributed by atoms with Gasteiger partial charge in [0.05, 0.1) is 38.6 Å². The van der Waals surface area contributed by atoms with E-state index in [2.05, 4.69) is 129 Å². The molecule has 19 nitrogen and oxygen atoms in total. The number of carbonyl (C=O) groups excluding carboxylic acids is 1. The van der Waals surface area contributed by atoms with Crippen molar-refractivity contribution in [2.45, 2.75) is 311 Å². The molecule has 91 heavy (non-hydrogen) atoms. The topological polar surface area (TPSA) is 307 Å². The maximum Gasteiger partial charge on any atom is 0.220 e. The molecule has 0 aliphatic carbocycles. The molecule has 3 heterocycles. The van der Waals surface area contributed by atoms with Crippen LogP contribution in [0.3, 0.4) is 0 Å². The molecule has 3 rings (SSSR count). The van der Waals surface area contributed by atoms with Crippen molar-refractivity contribution < 1.29 is 89.4 Å². The molecule has 0 saturated carbocycles. The van der Waals surface area contributed by atoms with Crippen LogP contribution in [0.25, 0.3) is 0 Å². The zero-order chi connectivity index (χ0) is 66.1. The second-order valence-electron chi connectivity index (χ2n) is 24.3. The smallest absolute Gasteiger partial charge is 0.220 e. The summed E-state index contributed by atoms with van der Waals surface area (Å²) < 4.78 is 34.3. The molecule has 3 aliphatic heterocycles. The van der Waals surface area contributed by atoms with Gasteiger partial charge in [-0.15, -0.1) is 0 Å². The number of aliphatic hydroxyl groups is 11. The molecule has 12 N–H and O–H groups in total. The Bertz CT molecular complexity index is 2070. The number of allylic oxidation sites excluding steroid dienone is 18. The monoisotopic (exact) mass is 1290 g/mol. The summed E-state index contributed by atoms with van der Waals surface area (Å²) in [5, 5.41) is 120. The number of hydrogen-bond acceptors (Lipinski definition) is 18. The van der Waals surface area contributed by atoms with Gasteiger partial charge in [-0.25, -0.2) is 0 Å². The lowest BCUT2D eigenvalue weighted by Gasteiger charge is -2.48. The molecular weight excluding hydrogens is 1170 g/mol. The number of carbonyl (C=O) groups is 1. The summed E-state index contributed by atoms with van der Waals surface area (Å²) >= 11 is 0. The minimum atomic E-state index is -1.98. The summed E-state index contributed by atoms with van der Waals surface area (Å²) in [5.41, 5.74) is 0. The molecule has 17 atom stereocenters. The van der Waals surface area contributed by atoms with Crippen molar-refractivity contribution >= 4 is 5.91 Å². The highest BCUT2D eigenvalue weighted by molar-refractivity contribution is 5.76. The SMILES string of the molecule is CC/C=C\C/C=C\C/C=C\C/C=C\C/C=C\C/C=C\C/C=C\C/C=C\C/C=C\CCCCCCCCCCCC(=O)NC(COC1OC(CO)C(OC2OC(CO)C(OC3OC(CO)C(O)C(O)C3O)C(O)C2O)C(O)C1O)C(O)CCCCCCCCCCC. The third-order valence-corrected chi connectivity index (χ3v) is 16.6. The van der Waals surface area contributed by atoms with Crippen molar-refractivity contribution in [3.05, 3.63) is 109 Å². The summed E-state index contributed by atoms with van der Waals surface area (Å²) in [6, 6.07) is -0.896. The van der Waals surface area contributed by atoms with Gasteiger partial charge in [0.2, 0.25) is 5.91 Å². The lowest BCUT2D eigenvalue weighted by Crippen LogP contribution is -2.66. The van der Waals surface area contributed by atoms with Gasteiger partial charge in [-0.2, -0.15) is 0 Å². The molecule has 1 amide bonds. The normalized spacial score (nSPS) is 28.6. The van der Waals surface area contributed by atoms with Gasteiger partial charge in [0.1, 0.15) is 73.2 Å². The quantitative estimate of drug-likeness (QED) is 0.0200. The lowest BCUT2D eigenvalue weighted by molar-refractivity contribution is -0.379. The second kappa shape index (κ2) is 52.7. The van der Waals surface area contributed by atoms with Gasteiger partial charge in [0.15, 0.2) is 18.9 Å². The van der Waals surface area contributed by atoms with E-state index in [-0.39, 0.29) is 18.9 Å². The van der Waals surface area contributed by atoms with E-state index in [9.17, 15) is 61.0 Å². The summed E-state index contributed by atoms with van der Waals surface area (Å²) in [4.78, 5) is 13.4. The Labute approximate surface area is 545 Å². The fraction of sp³-hybridized carbons (Fsp3) is 0.736. The van der Waals surface area contributed by atoms with Gasteiger partial charge in [-0.05, 0) is 83.5 Å². The molecule has 0 aromatic rings. The van der Waals surface area contributed by atoms with Gasteiger partial charge in [0, 0.05) is 6.42 Å². The van der Waals surface area contributed by atoms with Crippen LogP contribution in [0.4, 0.5) is 0 Å². The van der Waals surface area contributed by atoms with E-state index in [1.165, 1.54) is 57.8 Å². The predicted octanol–water partition coefficient (Wildman–Crippen LogP) is 9.05. The fourth-order valence-corrected chi connectivity index (χ4v) is 11.0. The number of hydrogen-bond donors (Lipinski definition) is 12. The van der Waals surface area contributed by atoms with Crippen LogP contribution in [0.1, 0.15) is 206 Å². The zero-order valence-electron chi connectivity index (χ0n) is 55.0. The first-order valence-corrected chi connectivity index (χ1v) is 34.6. The van der Waals surface area contributed by atoms with Crippen LogP contribution in [-0.2, 0) is 33.2 Å². The molecule has 17 unspecified atom stereocenters. The molecule has 0 aromatic heterocycles. The van der Waals surface area contributed by atoms with Gasteiger partial charge >= 0.3 is 0 Å². The number of amides is 1. The molecule has 0 radical (unpaired) electrons. The zero-order valence-corrected chi connectivity index (χ0v) is 55.0. The Morgan fingerprint density at radius 2 is 0.758 bits per heavy atom. The minimum absolute atomic E-state index is 0.252. The van der Waals surface area contributed by atoms with Gasteiger partial charge < -0.3 is 89.9 Å². The van der Waals surface area contributed by atoms with Gasteiger partial charge in [-0.1, -0.05) is 226 Å². The first kappa shape index (κ1) is 81.7. The van der Waals surface area contributed by atoms with Crippen molar-refractivity contribution in [3.8, 4) is 0 Å². The summed E-state index contributed by atoms with van der Waals surface area (Å²) in [7, 11) is 0. The van der Waals surface area contributed by atoms with Crippen molar-refractivity contribution in [2.75, 3.05) is 26.4 Å². The lowest BCUT2D eigenvalue weighted by atomic mass is 9.96. The molecule has 522 valence electrons.